The summed E-state index contributed by atoms with van der Waals surface area (Å²) >= 11 is 0. The zero-order valence-corrected chi connectivity index (χ0v) is 16.3. The first-order valence-electron chi connectivity index (χ1n) is 9.15. The summed E-state index contributed by atoms with van der Waals surface area (Å²) < 4.78 is 10.6. The highest BCUT2D eigenvalue weighted by Crippen LogP contribution is 2.34. The van der Waals surface area contributed by atoms with E-state index in [-0.39, 0.29) is 11.5 Å². The van der Waals surface area contributed by atoms with Gasteiger partial charge < -0.3 is 14.4 Å². The van der Waals surface area contributed by atoms with Crippen LogP contribution >= 0.6 is 0 Å². The quantitative estimate of drug-likeness (QED) is 0.565. The number of rotatable bonds is 6. The lowest BCUT2D eigenvalue weighted by Crippen LogP contribution is -2.24. The van der Waals surface area contributed by atoms with E-state index in [2.05, 4.69) is 0 Å². The molecule has 28 heavy (non-hydrogen) atoms. The largest absolute Gasteiger partial charge is 0.493 e. The Hall–Kier alpha value is -3.34. The van der Waals surface area contributed by atoms with Gasteiger partial charge in [0.25, 0.3) is 5.91 Å². The lowest BCUT2D eigenvalue weighted by molar-refractivity contribution is -0.136. The van der Waals surface area contributed by atoms with Crippen molar-refractivity contribution in [3.05, 3.63) is 82.6 Å². The molecule has 0 aliphatic carbocycles. The third kappa shape index (κ3) is 3.83. The molecule has 0 saturated heterocycles. The van der Waals surface area contributed by atoms with Crippen molar-refractivity contribution in [1.29, 1.82) is 0 Å². The van der Waals surface area contributed by atoms with Gasteiger partial charge >= 0.3 is 5.97 Å². The number of benzene rings is 2. The highest BCUT2D eigenvalue weighted by Gasteiger charge is 2.37. The van der Waals surface area contributed by atoms with Crippen LogP contribution in [0, 0.1) is 0 Å². The molecule has 5 heteroatoms. The summed E-state index contributed by atoms with van der Waals surface area (Å²) in [6.45, 7) is 4.56. The summed E-state index contributed by atoms with van der Waals surface area (Å²) in [7, 11) is 1.32. The number of allylic oxidation sites excluding steroid dienone is 1. The average molecular weight is 377 g/mol. The van der Waals surface area contributed by atoms with Crippen molar-refractivity contribution in [3.8, 4) is 5.75 Å². The van der Waals surface area contributed by atoms with Gasteiger partial charge in [0, 0.05) is 11.3 Å². The summed E-state index contributed by atoms with van der Waals surface area (Å²) in [6, 6.07) is 17.1. The van der Waals surface area contributed by atoms with E-state index < -0.39 is 5.97 Å². The monoisotopic (exact) mass is 377 g/mol. The van der Waals surface area contributed by atoms with Crippen molar-refractivity contribution in [2.75, 3.05) is 13.7 Å². The number of amides is 1. The fraction of sp³-hybridized carbons (Fsp3) is 0.217. The molecule has 1 amide bonds. The van der Waals surface area contributed by atoms with E-state index in [4.69, 9.17) is 9.47 Å². The van der Waals surface area contributed by atoms with E-state index >= 15 is 0 Å². The average Bonchev–Trinajstić information content (AvgIpc) is 2.94. The van der Waals surface area contributed by atoms with Crippen LogP contribution in [0.5, 0.6) is 5.75 Å². The summed E-state index contributed by atoms with van der Waals surface area (Å²) in [5.41, 5.74) is 2.90. The molecular formula is C23H23NO4. The number of para-hydroxylation sites is 1. The Labute approximate surface area is 164 Å². The van der Waals surface area contributed by atoms with Gasteiger partial charge in [-0.15, -0.1) is 0 Å². The molecule has 2 aromatic carbocycles. The number of nitrogens with zero attached hydrogens (tertiary/aromatic N) is 1. The SMILES string of the molecule is CCOc1ccccc1/C=C1/C(=O)N(Cc2ccccc2)C(C)=C1C(=O)OC. The van der Waals surface area contributed by atoms with E-state index in [9.17, 15) is 9.59 Å². The Morgan fingerprint density at radius 2 is 1.75 bits per heavy atom. The molecule has 0 radical (unpaired) electrons. The van der Waals surface area contributed by atoms with Crippen molar-refractivity contribution in [3.63, 3.8) is 0 Å². The molecule has 0 bridgehead atoms. The van der Waals surface area contributed by atoms with E-state index in [1.165, 1.54) is 7.11 Å². The van der Waals surface area contributed by atoms with Gasteiger partial charge in [0.15, 0.2) is 0 Å². The smallest absolute Gasteiger partial charge is 0.340 e. The van der Waals surface area contributed by atoms with Gasteiger partial charge in [-0.25, -0.2) is 4.79 Å². The minimum atomic E-state index is -0.526. The van der Waals surface area contributed by atoms with E-state index in [0.29, 0.717) is 30.2 Å². The number of esters is 1. The normalized spacial score (nSPS) is 15.3. The first-order valence-corrected chi connectivity index (χ1v) is 9.15. The zero-order chi connectivity index (χ0) is 20.1. The number of ether oxygens (including phenoxy) is 2. The third-order valence-electron chi connectivity index (χ3n) is 4.60. The molecule has 1 aliphatic heterocycles. The first kappa shape index (κ1) is 19.4. The molecule has 144 valence electrons. The van der Waals surface area contributed by atoms with Crippen molar-refractivity contribution >= 4 is 18.0 Å². The molecule has 0 saturated carbocycles. The fourth-order valence-corrected chi connectivity index (χ4v) is 3.23. The molecule has 0 aromatic heterocycles. The van der Waals surface area contributed by atoms with Crippen molar-refractivity contribution in [2.24, 2.45) is 0 Å². The molecular weight excluding hydrogens is 354 g/mol. The third-order valence-corrected chi connectivity index (χ3v) is 4.60. The highest BCUT2D eigenvalue weighted by atomic mass is 16.5. The molecule has 0 fully saturated rings. The van der Waals surface area contributed by atoms with Crippen LogP contribution in [0.4, 0.5) is 0 Å². The van der Waals surface area contributed by atoms with Crippen LogP contribution in [0.15, 0.2) is 71.4 Å². The van der Waals surface area contributed by atoms with Crippen LogP contribution < -0.4 is 4.74 Å². The van der Waals surface area contributed by atoms with E-state index in [0.717, 1.165) is 11.1 Å². The van der Waals surface area contributed by atoms with Gasteiger partial charge in [-0.1, -0.05) is 48.5 Å². The summed E-state index contributed by atoms with van der Waals surface area (Å²) in [5.74, 6) is -0.0942. The minimum absolute atomic E-state index is 0.229. The van der Waals surface area contributed by atoms with Gasteiger partial charge in [0.2, 0.25) is 0 Å². The zero-order valence-electron chi connectivity index (χ0n) is 16.3. The molecule has 2 aromatic rings. The maximum Gasteiger partial charge on any atom is 0.340 e. The maximum atomic E-state index is 13.2. The van der Waals surface area contributed by atoms with Crippen LogP contribution in [-0.4, -0.2) is 30.5 Å². The van der Waals surface area contributed by atoms with Crippen LogP contribution in [-0.2, 0) is 20.9 Å². The Balaban J connectivity index is 2.05. The Morgan fingerprint density at radius 1 is 1.07 bits per heavy atom. The Bertz CT molecular complexity index is 944. The topological polar surface area (TPSA) is 55.8 Å². The van der Waals surface area contributed by atoms with Crippen LogP contribution in [0.3, 0.4) is 0 Å². The lowest BCUT2D eigenvalue weighted by Gasteiger charge is -2.17. The number of carbonyl (C=O) groups excluding carboxylic acids is 2. The van der Waals surface area contributed by atoms with Crippen LogP contribution in [0.2, 0.25) is 0 Å². The van der Waals surface area contributed by atoms with Gasteiger partial charge in [-0.2, -0.15) is 0 Å². The molecule has 0 N–H and O–H groups in total. The maximum absolute atomic E-state index is 13.2. The lowest BCUT2D eigenvalue weighted by atomic mass is 10.0. The van der Waals surface area contributed by atoms with E-state index in [1.54, 1.807) is 17.9 Å². The second-order valence-corrected chi connectivity index (χ2v) is 6.36. The first-order chi connectivity index (χ1) is 13.6. The van der Waals surface area contributed by atoms with E-state index in [1.807, 2.05) is 61.5 Å². The molecule has 5 nitrogen and oxygen atoms in total. The van der Waals surface area contributed by atoms with Gasteiger partial charge in [-0.05, 0) is 31.6 Å². The molecule has 0 spiro atoms. The van der Waals surface area contributed by atoms with Gasteiger partial charge in [0.05, 0.1) is 31.4 Å². The Kier molecular flexibility index (Phi) is 5.94. The standard InChI is InChI=1S/C23H23NO4/c1-4-28-20-13-9-8-12-18(20)14-19-21(23(26)27-3)16(2)24(22(19)25)15-17-10-6-5-7-11-17/h5-14H,4,15H2,1-3H3/b19-14+. The summed E-state index contributed by atoms with van der Waals surface area (Å²) in [5, 5.41) is 0. The minimum Gasteiger partial charge on any atom is -0.493 e. The number of carbonyl (C=O) groups is 2. The van der Waals surface area contributed by atoms with Crippen LogP contribution in [0.25, 0.3) is 6.08 Å². The number of hydrogen-bond donors (Lipinski definition) is 0. The predicted molar refractivity (Wildman–Crippen MR) is 107 cm³/mol. The van der Waals surface area contributed by atoms with Gasteiger partial charge in [0.1, 0.15) is 5.75 Å². The molecule has 1 heterocycles. The summed E-state index contributed by atoms with van der Waals surface area (Å²) in [6.07, 6.45) is 1.70. The molecule has 0 atom stereocenters. The molecule has 0 unspecified atom stereocenters. The molecule has 1 aliphatic rings. The van der Waals surface area contributed by atoms with Crippen LogP contribution in [0.1, 0.15) is 25.0 Å². The van der Waals surface area contributed by atoms with Gasteiger partial charge in [-0.3, -0.25) is 4.79 Å². The number of hydrogen-bond acceptors (Lipinski definition) is 4. The fourth-order valence-electron chi connectivity index (χ4n) is 3.23. The molecule has 3 rings (SSSR count). The van der Waals surface area contributed by atoms with Crippen molar-refractivity contribution < 1.29 is 19.1 Å². The summed E-state index contributed by atoms with van der Waals surface area (Å²) in [4.78, 5) is 27.2. The predicted octanol–water partition coefficient (Wildman–Crippen LogP) is 3.96. The van der Waals surface area contributed by atoms with Crippen molar-refractivity contribution in [2.45, 2.75) is 20.4 Å². The van der Waals surface area contributed by atoms with Crippen molar-refractivity contribution in [1.82, 2.24) is 4.90 Å². The highest BCUT2D eigenvalue weighted by molar-refractivity contribution is 6.16. The second kappa shape index (κ2) is 8.57. The Morgan fingerprint density at radius 3 is 2.43 bits per heavy atom. The second-order valence-electron chi connectivity index (χ2n) is 6.36. The number of methoxy groups -OCH3 is 1.